The van der Waals surface area contributed by atoms with Crippen molar-refractivity contribution in [3.63, 3.8) is 0 Å². The van der Waals surface area contributed by atoms with Gasteiger partial charge in [-0.1, -0.05) is 37.3 Å². The number of rotatable bonds is 13. The number of nitrogens with one attached hydrogen (secondary N) is 1. The van der Waals surface area contributed by atoms with Gasteiger partial charge in [-0.3, -0.25) is 13.9 Å². The zero-order chi connectivity index (χ0) is 26.9. The van der Waals surface area contributed by atoms with Crippen molar-refractivity contribution in [3.05, 3.63) is 59.7 Å². The van der Waals surface area contributed by atoms with Gasteiger partial charge in [0, 0.05) is 25.6 Å². The number of para-hydroxylation sites is 1. The third kappa shape index (κ3) is 8.26. The molecule has 0 saturated carbocycles. The Kier molecular flexibility index (Phi) is 10.8. The van der Waals surface area contributed by atoms with Crippen molar-refractivity contribution in [2.24, 2.45) is 0 Å². The summed E-state index contributed by atoms with van der Waals surface area (Å²) in [5.74, 6) is 0.274. The molecule has 0 aliphatic heterocycles. The van der Waals surface area contributed by atoms with Gasteiger partial charge in [0.15, 0.2) is 0 Å². The van der Waals surface area contributed by atoms with E-state index in [2.05, 4.69) is 5.32 Å². The molecule has 0 bridgehead atoms. The van der Waals surface area contributed by atoms with Crippen LogP contribution in [-0.4, -0.2) is 57.1 Å². The van der Waals surface area contributed by atoms with Gasteiger partial charge < -0.3 is 15.0 Å². The fourth-order valence-electron chi connectivity index (χ4n) is 3.80. The SMILES string of the molecule is CC[C@@H](C)NC(=O)[C@@H](C)N(Cc1ccc(OC)cc1)C(=O)CCCN(c1ccccc1C)S(C)(=O)=O. The minimum Gasteiger partial charge on any atom is -0.497 e. The molecule has 0 unspecified atom stereocenters. The Morgan fingerprint density at radius 2 is 1.69 bits per heavy atom. The van der Waals surface area contributed by atoms with Crippen LogP contribution < -0.4 is 14.4 Å². The van der Waals surface area contributed by atoms with E-state index in [1.54, 1.807) is 31.1 Å². The first-order valence-corrected chi connectivity index (χ1v) is 14.1. The number of aryl methyl sites for hydroxylation is 1. The predicted octanol–water partition coefficient (Wildman–Crippen LogP) is 3.88. The van der Waals surface area contributed by atoms with Crippen LogP contribution in [-0.2, 0) is 26.2 Å². The van der Waals surface area contributed by atoms with E-state index in [-0.39, 0.29) is 37.4 Å². The van der Waals surface area contributed by atoms with Crippen molar-refractivity contribution in [3.8, 4) is 5.75 Å². The Morgan fingerprint density at radius 3 is 2.25 bits per heavy atom. The predicted molar refractivity (Wildman–Crippen MR) is 144 cm³/mol. The van der Waals surface area contributed by atoms with Crippen LogP contribution in [0.5, 0.6) is 5.75 Å². The van der Waals surface area contributed by atoms with E-state index in [1.165, 1.54) is 10.6 Å². The van der Waals surface area contributed by atoms with Crippen LogP contribution in [0.3, 0.4) is 0 Å². The minimum absolute atomic E-state index is 0.00433. The molecule has 0 spiro atoms. The fourth-order valence-corrected chi connectivity index (χ4v) is 4.82. The molecule has 2 rings (SSSR count). The molecule has 2 atom stereocenters. The van der Waals surface area contributed by atoms with Gasteiger partial charge in [0.2, 0.25) is 21.8 Å². The van der Waals surface area contributed by atoms with Crippen molar-refractivity contribution < 1.29 is 22.7 Å². The van der Waals surface area contributed by atoms with Crippen LogP contribution in [0.4, 0.5) is 5.69 Å². The van der Waals surface area contributed by atoms with E-state index in [0.29, 0.717) is 17.9 Å². The van der Waals surface area contributed by atoms with Crippen LogP contribution in [0.1, 0.15) is 51.2 Å². The fraction of sp³-hybridized carbons (Fsp3) is 0.481. The number of hydrogen-bond donors (Lipinski definition) is 1. The van der Waals surface area contributed by atoms with Crippen LogP contribution >= 0.6 is 0 Å². The van der Waals surface area contributed by atoms with E-state index < -0.39 is 16.1 Å². The monoisotopic (exact) mass is 517 g/mol. The third-order valence-corrected chi connectivity index (χ3v) is 7.40. The molecular formula is C27H39N3O5S. The highest BCUT2D eigenvalue weighted by molar-refractivity contribution is 7.92. The lowest BCUT2D eigenvalue weighted by Gasteiger charge is -2.30. The van der Waals surface area contributed by atoms with Gasteiger partial charge in [-0.25, -0.2) is 8.42 Å². The molecule has 0 heterocycles. The molecule has 0 aliphatic carbocycles. The second kappa shape index (κ2) is 13.3. The molecule has 36 heavy (non-hydrogen) atoms. The first kappa shape index (κ1) is 29.2. The molecule has 0 radical (unpaired) electrons. The maximum atomic E-state index is 13.4. The second-order valence-electron chi connectivity index (χ2n) is 9.09. The summed E-state index contributed by atoms with van der Waals surface area (Å²) < 4.78 is 31.5. The zero-order valence-corrected chi connectivity index (χ0v) is 23.0. The topological polar surface area (TPSA) is 96.0 Å². The highest BCUT2D eigenvalue weighted by Gasteiger charge is 2.27. The van der Waals surface area contributed by atoms with Crippen molar-refractivity contribution in [2.75, 3.05) is 24.2 Å². The summed E-state index contributed by atoms with van der Waals surface area (Å²) in [4.78, 5) is 27.8. The third-order valence-electron chi connectivity index (χ3n) is 6.22. The van der Waals surface area contributed by atoms with Crippen molar-refractivity contribution >= 4 is 27.5 Å². The Bertz CT molecular complexity index is 1120. The molecule has 8 nitrogen and oxygen atoms in total. The van der Waals surface area contributed by atoms with Crippen LogP contribution in [0.15, 0.2) is 48.5 Å². The van der Waals surface area contributed by atoms with Crippen LogP contribution in [0.25, 0.3) is 0 Å². The second-order valence-corrected chi connectivity index (χ2v) is 11.0. The molecular weight excluding hydrogens is 478 g/mol. The van der Waals surface area contributed by atoms with Gasteiger partial charge in [0.1, 0.15) is 11.8 Å². The molecule has 2 aromatic carbocycles. The van der Waals surface area contributed by atoms with Crippen molar-refractivity contribution in [1.29, 1.82) is 0 Å². The number of nitrogens with zero attached hydrogens (tertiary/aromatic N) is 2. The molecule has 0 fully saturated rings. The van der Waals surface area contributed by atoms with Crippen LogP contribution in [0.2, 0.25) is 0 Å². The number of methoxy groups -OCH3 is 1. The van der Waals surface area contributed by atoms with Gasteiger partial charge >= 0.3 is 0 Å². The average molecular weight is 518 g/mol. The number of anilines is 1. The highest BCUT2D eigenvalue weighted by atomic mass is 32.2. The van der Waals surface area contributed by atoms with Gasteiger partial charge in [-0.05, 0) is 62.9 Å². The first-order chi connectivity index (χ1) is 17.0. The molecule has 9 heteroatoms. The molecule has 0 aromatic heterocycles. The van der Waals surface area contributed by atoms with E-state index in [0.717, 1.165) is 17.5 Å². The number of carbonyl (C=O) groups is 2. The first-order valence-electron chi connectivity index (χ1n) is 12.2. The number of hydrogen-bond acceptors (Lipinski definition) is 5. The number of sulfonamides is 1. The lowest BCUT2D eigenvalue weighted by molar-refractivity contribution is -0.140. The molecule has 198 valence electrons. The summed E-state index contributed by atoms with van der Waals surface area (Å²) in [6.07, 6.45) is 2.37. The van der Waals surface area contributed by atoms with E-state index in [4.69, 9.17) is 4.74 Å². The summed E-state index contributed by atoms with van der Waals surface area (Å²) >= 11 is 0. The number of carbonyl (C=O) groups excluding carboxylic acids is 2. The summed E-state index contributed by atoms with van der Waals surface area (Å²) in [5.41, 5.74) is 2.31. The smallest absolute Gasteiger partial charge is 0.242 e. The quantitative estimate of drug-likeness (QED) is 0.435. The van der Waals surface area contributed by atoms with Gasteiger partial charge in [-0.15, -0.1) is 0 Å². The standard InChI is InChI=1S/C27H39N3O5S/c1-7-21(3)28-27(32)22(4)29(19-23-14-16-24(35-5)17-15-23)26(31)13-10-18-30(36(6,33)34)25-12-9-8-11-20(25)2/h8-9,11-12,14-17,21-22H,7,10,13,18-19H2,1-6H3,(H,28,32)/t21-,22-/m1/s1. The van der Waals surface area contributed by atoms with Gasteiger partial charge in [0.25, 0.3) is 0 Å². The normalized spacial score (nSPS) is 12.9. The minimum atomic E-state index is -3.53. The summed E-state index contributed by atoms with van der Waals surface area (Å²) in [6, 6.07) is 13.9. The summed E-state index contributed by atoms with van der Waals surface area (Å²) in [7, 11) is -1.94. The lowest BCUT2D eigenvalue weighted by atomic mass is 10.1. The van der Waals surface area contributed by atoms with Crippen molar-refractivity contribution in [2.45, 2.75) is 65.6 Å². The molecule has 0 saturated heterocycles. The van der Waals surface area contributed by atoms with Gasteiger partial charge in [0.05, 0.1) is 19.1 Å². The van der Waals surface area contributed by atoms with Crippen LogP contribution in [0, 0.1) is 6.92 Å². The Balaban J connectivity index is 2.19. The largest absolute Gasteiger partial charge is 0.497 e. The molecule has 0 aliphatic rings. The van der Waals surface area contributed by atoms with Gasteiger partial charge in [-0.2, -0.15) is 0 Å². The summed E-state index contributed by atoms with van der Waals surface area (Å²) in [5, 5.41) is 2.95. The van der Waals surface area contributed by atoms with E-state index in [9.17, 15) is 18.0 Å². The molecule has 1 N–H and O–H groups in total. The van der Waals surface area contributed by atoms with E-state index in [1.807, 2.05) is 57.2 Å². The summed E-state index contributed by atoms with van der Waals surface area (Å²) in [6.45, 7) is 7.90. The molecule has 2 amide bonds. The highest BCUT2D eigenvalue weighted by Crippen LogP contribution is 2.23. The number of benzene rings is 2. The number of ether oxygens (including phenoxy) is 1. The zero-order valence-electron chi connectivity index (χ0n) is 22.2. The molecule has 2 aromatic rings. The lowest BCUT2D eigenvalue weighted by Crippen LogP contribution is -2.49. The van der Waals surface area contributed by atoms with E-state index >= 15 is 0 Å². The average Bonchev–Trinajstić information content (AvgIpc) is 2.84. The van der Waals surface area contributed by atoms with Crippen molar-refractivity contribution in [1.82, 2.24) is 10.2 Å². The number of amides is 2. The Morgan fingerprint density at radius 1 is 1.06 bits per heavy atom. The maximum absolute atomic E-state index is 13.4. The maximum Gasteiger partial charge on any atom is 0.242 e. The Labute approximate surface area is 215 Å². The Hall–Kier alpha value is -3.07.